The number of hydrogen-bond acceptors (Lipinski definition) is 1. The SMILES string of the molecule is CN1CCC(C(C(C)(C)C)C(C)(C)C)C1. The van der Waals surface area contributed by atoms with Gasteiger partial charge in [-0.25, -0.2) is 0 Å². The second-order valence-electron chi connectivity index (χ2n) is 7.52. The molecule has 90 valence electrons. The molecule has 0 radical (unpaired) electrons. The van der Waals surface area contributed by atoms with Gasteiger partial charge in [-0.15, -0.1) is 0 Å². The Morgan fingerprint density at radius 1 is 1.00 bits per heavy atom. The van der Waals surface area contributed by atoms with Gasteiger partial charge in [0.1, 0.15) is 0 Å². The highest BCUT2D eigenvalue weighted by atomic mass is 15.1. The Hall–Kier alpha value is -0.0400. The van der Waals surface area contributed by atoms with Crippen LogP contribution in [0.5, 0.6) is 0 Å². The van der Waals surface area contributed by atoms with Crippen molar-refractivity contribution in [2.75, 3.05) is 20.1 Å². The lowest BCUT2D eigenvalue weighted by atomic mass is 9.61. The Kier molecular flexibility index (Phi) is 3.55. The number of likely N-dealkylation sites (tertiary alicyclic amines) is 1. The Bertz CT molecular complexity index is 192. The summed E-state index contributed by atoms with van der Waals surface area (Å²) in [7, 11) is 2.25. The first-order valence-corrected chi connectivity index (χ1v) is 6.31. The van der Waals surface area contributed by atoms with Gasteiger partial charge in [0.15, 0.2) is 0 Å². The molecule has 0 spiro atoms. The van der Waals surface area contributed by atoms with Crippen LogP contribution in [-0.4, -0.2) is 25.0 Å². The molecule has 0 aromatic rings. The van der Waals surface area contributed by atoms with Crippen LogP contribution in [-0.2, 0) is 0 Å². The van der Waals surface area contributed by atoms with Crippen LogP contribution in [0, 0.1) is 22.7 Å². The Labute approximate surface area is 96.2 Å². The second kappa shape index (κ2) is 4.08. The van der Waals surface area contributed by atoms with Crippen molar-refractivity contribution in [3.8, 4) is 0 Å². The first-order valence-electron chi connectivity index (χ1n) is 6.31. The van der Waals surface area contributed by atoms with Crippen molar-refractivity contribution >= 4 is 0 Å². The predicted octanol–water partition coefficient (Wildman–Crippen LogP) is 3.65. The average molecular weight is 211 g/mol. The summed E-state index contributed by atoms with van der Waals surface area (Å²) < 4.78 is 0. The van der Waals surface area contributed by atoms with E-state index in [9.17, 15) is 0 Å². The molecule has 1 fully saturated rings. The number of nitrogens with zero attached hydrogens (tertiary/aromatic N) is 1. The minimum Gasteiger partial charge on any atom is -0.306 e. The molecule has 1 rings (SSSR count). The van der Waals surface area contributed by atoms with Gasteiger partial charge in [-0.05, 0) is 42.7 Å². The zero-order valence-electron chi connectivity index (χ0n) is 11.7. The molecule has 1 aliphatic rings. The fourth-order valence-electron chi connectivity index (χ4n) is 3.95. The third-order valence-electron chi connectivity index (χ3n) is 3.77. The van der Waals surface area contributed by atoms with Crippen LogP contribution in [0.2, 0.25) is 0 Å². The zero-order valence-corrected chi connectivity index (χ0v) is 11.7. The van der Waals surface area contributed by atoms with E-state index in [2.05, 4.69) is 53.5 Å². The van der Waals surface area contributed by atoms with Crippen molar-refractivity contribution < 1.29 is 0 Å². The summed E-state index contributed by atoms with van der Waals surface area (Å²) in [6.07, 6.45) is 1.38. The van der Waals surface area contributed by atoms with Crippen molar-refractivity contribution in [3.63, 3.8) is 0 Å². The second-order valence-corrected chi connectivity index (χ2v) is 7.52. The van der Waals surface area contributed by atoms with E-state index in [1.165, 1.54) is 19.5 Å². The molecule has 1 saturated heterocycles. The Morgan fingerprint density at radius 2 is 1.47 bits per heavy atom. The molecule has 1 nitrogen and oxygen atoms in total. The third kappa shape index (κ3) is 3.21. The molecule has 0 amide bonds. The van der Waals surface area contributed by atoms with Crippen molar-refractivity contribution in [2.45, 2.75) is 48.0 Å². The van der Waals surface area contributed by atoms with Gasteiger partial charge in [-0.3, -0.25) is 0 Å². The van der Waals surface area contributed by atoms with Crippen LogP contribution in [0.4, 0.5) is 0 Å². The first-order chi connectivity index (χ1) is 6.62. The largest absolute Gasteiger partial charge is 0.306 e. The molecule has 0 bridgehead atoms. The zero-order chi connectivity index (χ0) is 11.9. The fourth-order valence-corrected chi connectivity index (χ4v) is 3.95. The maximum Gasteiger partial charge on any atom is 0.00101 e. The minimum atomic E-state index is 0.425. The van der Waals surface area contributed by atoms with Gasteiger partial charge in [-0.1, -0.05) is 41.5 Å². The van der Waals surface area contributed by atoms with E-state index in [4.69, 9.17) is 0 Å². The summed E-state index contributed by atoms with van der Waals surface area (Å²) in [5.41, 5.74) is 0.849. The molecule has 1 unspecified atom stereocenters. The monoisotopic (exact) mass is 211 g/mol. The molecule has 0 aromatic carbocycles. The van der Waals surface area contributed by atoms with E-state index in [0.717, 1.165) is 11.8 Å². The summed E-state index contributed by atoms with van der Waals surface area (Å²) in [5, 5.41) is 0. The van der Waals surface area contributed by atoms with Gasteiger partial charge in [0.2, 0.25) is 0 Å². The van der Waals surface area contributed by atoms with E-state index in [1.54, 1.807) is 0 Å². The average Bonchev–Trinajstić information content (AvgIpc) is 2.28. The number of rotatable bonds is 1. The van der Waals surface area contributed by atoms with E-state index >= 15 is 0 Å². The van der Waals surface area contributed by atoms with E-state index < -0.39 is 0 Å². The van der Waals surface area contributed by atoms with E-state index in [-0.39, 0.29) is 0 Å². The maximum absolute atomic E-state index is 2.48. The molecule has 1 aliphatic heterocycles. The molecule has 15 heavy (non-hydrogen) atoms. The topological polar surface area (TPSA) is 3.24 Å². The van der Waals surface area contributed by atoms with Crippen LogP contribution in [0.25, 0.3) is 0 Å². The molecule has 0 aliphatic carbocycles. The molecular formula is C14H29N. The normalized spacial score (nSPS) is 25.2. The summed E-state index contributed by atoms with van der Waals surface area (Å²) in [5.74, 6) is 1.70. The van der Waals surface area contributed by atoms with Crippen LogP contribution in [0.1, 0.15) is 48.0 Å². The van der Waals surface area contributed by atoms with Gasteiger partial charge >= 0.3 is 0 Å². The molecule has 1 heterocycles. The highest BCUT2D eigenvalue weighted by Gasteiger charge is 2.42. The highest BCUT2D eigenvalue weighted by Crippen LogP contribution is 2.47. The van der Waals surface area contributed by atoms with Crippen molar-refractivity contribution in [2.24, 2.45) is 22.7 Å². The van der Waals surface area contributed by atoms with Crippen LogP contribution >= 0.6 is 0 Å². The summed E-state index contributed by atoms with van der Waals surface area (Å²) in [6, 6.07) is 0. The van der Waals surface area contributed by atoms with Crippen LogP contribution < -0.4 is 0 Å². The van der Waals surface area contributed by atoms with Crippen molar-refractivity contribution in [3.05, 3.63) is 0 Å². The lowest BCUT2D eigenvalue weighted by Crippen LogP contribution is -2.39. The summed E-state index contributed by atoms with van der Waals surface area (Å²) >= 11 is 0. The van der Waals surface area contributed by atoms with Crippen LogP contribution in [0.3, 0.4) is 0 Å². The van der Waals surface area contributed by atoms with Gasteiger partial charge in [0.05, 0.1) is 0 Å². The fraction of sp³-hybridized carbons (Fsp3) is 1.00. The quantitative estimate of drug-likeness (QED) is 0.640. The molecule has 0 N–H and O–H groups in total. The smallest absolute Gasteiger partial charge is 0.00101 e. The van der Waals surface area contributed by atoms with Crippen molar-refractivity contribution in [1.82, 2.24) is 4.90 Å². The molecule has 1 heteroatoms. The molecule has 1 atom stereocenters. The van der Waals surface area contributed by atoms with E-state index in [0.29, 0.717) is 10.8 Å². The standard InChI is InChI=1S/C14H29N/c1-13(2,3)12(14(4,5)6)11-8-9-15(7)10-11/h11-12H,8-10H2,1-7H3. The van der Waals surface area contributed by atoms with Gasteiger partial charge in [-0.2, -0.15) is 0 Å². The lowest BCUT2D eigenvalue weighted by molar-refractivity contribution is 0.0466. The summed E-state index contributed by atoms with van der Waals surface area (Å²) in [6.45, 7) is 17.0. The Morgan fingerprint density at radius 3 is 1.73 bits per heavy atom. The van der Waals surface area contributed by atoms with Gasteiger partial charge in [0.25, 0.3) is 0 Å². The molecule has 0 aromatic heterocycles. The summed E-state index contributed by atoms with van der Waals surface area (Å²) in [4.78, 5) is 2.48. The van der Waals surface area contributed by atoms with Gasteiger partial charge < -0.3 is 4.90 Å². The van der Waals surface area contributed by atoms with Crippen LogP contribution in [0.15, 0.2) is 0 Å². The third-order valence-corrected chi connectivity index (χ3v) is 3.77. The molecular weight excluding hydrogens is 182 g/mol. The lowest BCUT2D eigenvalue weighted by Gasteiger charge is -2.44. The van der Waals surface area contributed by atoms with E-state index in [1.807, 2.05) is 0 Å². The predicted molar refractivity (Wildman–Crippen MR) is 68.0 cm³/mol. The first kappa shape index (κ1) is 13.0. The maximum atomic E-state index is 2.48. The van der Waals surface area contributed by atoms with Gasteiger partial charge in [0, 0.05) is 6.54 Å². The Balaban J connectivity index is 2.83. The van der Waals surface area contributed by atoms with Crippen molar-refractivity contribution in [1.29, 1.82) is 0 Å². The molecule has 0 saturated carbocycles. The minimum absolute atomic E-state index is 0.425. The number of hydrogen-bond donors (Lipinski definition) is 0. The highest BCUT2D eigenvalue weighted by molar-refractivity contribution is 4.92.